The number of benzene rings is 1. The minimum absolute atomic E-state index is 0.207. The second-order valence-corrected chi connectivity index (χ2v) is 6.82. The molecule has 0 unspecified atom stereocenters. The molecule has 1 aromatic carbocycles. The van der Waals surface area contributed by atoms with Crippen LogP contribution in [0.25, 0.3) is 11.6 Å². The summed E-state index contributed by atoms with van der Waals surface area (Å²) in [4.78, 5) is 36.1. The number of rotatable bonds is 9. The number of Topliss-reactive ketones (excluding diaryl/α,β-unsaturated/α-hetero) is 1. The Kier molecular flexibility index (Phi) is 6.87. The molecule has 2 heterocycles. The Morgan fingerprint density at radius 2 is 1.84 bits per heavy atom. The number of fused-ring (bicyclic) bond motifs is 1. The normalized spacial score (nSPS) is 11.0. The second-order valence-electron chi connectivity index (χ2n) is 6.82. The number of methoxy groups -OCH3 is 1. The van der Waals surface area contributed by atoms with Crippen LogP contribution in [0, 0.1) is 0 Å². The Labute approximate surface area is 180 Å². The summed E-state index contributed by atoms with van der Waals surface area (Å²) >= 11 is 0. The van der Waals surface area contributed by atoms with Crippen molar-refractivity contribution in [3.8, 4) is 5.75 Å². The quantitative estimate of drug-likeness (QED) is 0.326. The van der Waals surface area contributed by atoms with E-state index >= 15 is 0 Å². The van der Waals surface area contributed by atoms with Gasteiger partial charge in [0.15, 0.2) is 6.61 Å². The fraction of sp³-hybridized carbons (Fsp3) is 0.208. The molecule has 0 aliphatic heterocycles. The third-order valence-electron chi connectivity index (χ3n) is 4.93. The highest BCUT2D eigenvalue weighted by atomic mass is 16.6. The van der Waals surface area contributed by atoms with Crippen LogP contribution in [0.1, 0.15) is 34.1 Å². The molecule has 3 aromatic rings. The fourth-order valence-corrected chi connectivity index (χ4v) is 3.54. The Balaban J connectivity index is 2.12. The van der Waals surface area contributed by atoms with Crippen molar-refractivity contribution in [3.63, 3.8) is 0 Å². The van der Waals surface area contributed by atoms with Crippen LogP contribution in [-0.4, -0.2) is 35.8 Å². The Morgan fingerprint density at radius 1 is 1.10 bits per heavy atom. The van der Waals surface area contributed by atoms with Gasteiger partial charge in [0.05, 0.1) is 18.2 Å². The fourth-order valence-electron chi connectivity index (χ4n) is 3.54. The Hall–Kier alpha value is -3.87. The number of nitrogens with zero attached hydrogens (tertiary/aromatic N) is 1. The maximum atomic E-state index is 12.7. The molecule has 0 fully saturated rings. The van der Waals surface area contributed by atoms with Gasteiger partial charge in [-0.2, -0.15) is 0 Å². The smallest absolute Gasteiger partial charge is 0.343 e. The lowest BCUT2D eigenvalue weighted by Crippen LogP contribution is -2.24. The van der Waals surface area contributed by atoms with E-state index in [9.17, 15) is 14.4 Å². The van der Waals surface area contributed by atoms with Crippen molar-refractivity contribution in [1.29, 1.82) is 0 Å². The molecule has 160 valence electrons. The zero-order valence-electron chi connectivity index (χ0n) is 17.5. The number of pyridine rings is 1. The number of allylic oxidation sites excluding steroid dienone is 1. The van der Waals surface area contributed by atoms with Crippen molar-refractivity contribution in [1.82, 2.24) is 4.40 Å². The molecule has 3 rings (SSSR count). The number of esters is 1. The van der Waals surface area contributed by atoms with Gasteiger partial charge in [-0.05, 0) is 29.7 Å². The molecule has 0 bridgehead atoms. The van der Waals surface area contributed by atoms with Gasteiger partial charge in [0.2, 0.25) is 0 Å². The molecule has 2 aromatic heterocycles. The second kappa shape index (κ2) is 9.75. The summed E-state index contributed by atoms with van der Waals surface area (Å²) in [5, 5.41) is 0. The molecule has 1 amide bonds. The van der Waals surface area contributed by atoms with Gasteiger partial charge in [-0.15, -0.1) is 0 Å². The highest BCUT2D eigenvalue weighted by Crippen LogP contribution is 2.32. The van der Waals surface area contributed by atoms with Gasteiger partial charge in [-0.25, -0.2) is 4.79 Å². The zero-order chi connectivity index (χ0) is 22.4. The summed E-state index contributed by atoms with van der Waals surface area (Å²) in [5.74, 6) is -2.10. The average Bonchev–Trinajstić information content (AvgIpc) is 3.11. The van der Waals surface area contributed by atoms with E-state index < -0.39 is 17.7 Å². The van der Waals surface area contributed by atoms with Crippen LogP contribution in [0.15, 0.2) is 54.7 Å². The highest BCUT2D eigenvalue weighted by molar-refractivity contribution is 6.44. The molecule has 0 atom stereocenters. The van der Waals surface area contributed by atoms with Crippen LogP contribution in [0.2, 0.25) is 0 Å². The molecular formula is C24H24N2O5. The number of hydrogen-bond donors (Lipinski definition) is 1. The summed E-state index contributed by atoms with van der Waals surface area (Å²) in [7, 11) is 1.26. The minimum Gasteiger partial charge on any atom is -0.480 e. The predicted octanol–water partition coefficient (Wildman–Crippen LogP) is 2.98. The van der Waals surface area contributed by atoms with Gasteiger partial charge in [0, 0.05) is 18.3 Å². The molecule has 7 nitrogen and oxygen atoms in total. The number of amides is 1. The lowest BCUT2D eigenvalue weighted by Gasteiger charge is -2.09. The molecular weight excluding hydrogens is 396 g/mol. The lowest BCUT2D eigenvalue weighted by atomic mass is 10.0. The Morgan fingerprint density at radius 3 is 2.48 bits per heavy atom. The van der Waals surface area contributed by atoms with Crippen LogP contribution in [-0.2, 0) is 27.2 Å². The highest BCUT2D eigenvalue weighted by Gasteiger charge is 2.27. The SMILES string of the molecule is CCc1c(C(=O)C(N)=O)c2c(OCC(=O)OC)cccn2c1CC=Cc1ccccc1. The maximum absolute atomic E-state index is 12.7. The largest absolute Gasteiger partial charge is 0.480 e. The van der Waals surface area contributed by atoms with Crippen LogP contribution in [0.4, 0.5) is 0 Å². The number of primary amides is 1. The summed E-state index contributed by atoms with van der Waals surface area (Å²) in [6.45, 7) is 1.59. The summed E-state index contributed by atoms with van der Waals surface area (Å²) in [6, 6.07) is 13.2. The number of ether oxygens (including phenoxy) is 2. The topological polar surface area (TPSA) is 100 Å². The minimum atomic E-state index is -1.05. The number of aromatic nitrogens is 1. The first-order chi connectivity index (χ1) is 15.0. The maximum Gasteiger partial charge on any atom is 0.343 e. The number of hydrogen-bond acceptors (Lipinski definition) is 5. The van der Waals surface area contributed by atoms with Crippen LogP contribution < -0.4 is 10.5 Å². The van der Waals surface area contributed by atoms with E-state index in [1.807, 2.05) is 53.8 Å². The van der Waals surface area contributed by atoms with Crippen molar-refractivity contribution >= 4 is 29.3 Å². The van der Waals surface area contributed by atoms with Crippen molar-refractivity contribution in [2.24, 2.45) is 5.73 Å². The molecule has 0 saturated carbocycles. The summed E-state index contributed by atoms with van der Waals surface area (Å²) in [6.07, 6.45) is 6.82. The van der Waals surface area contributed by atoms with Crippen molar-refractivity contribution in [2.75, 3.05) is 13.7 Å². The monoisotopic (exact) mass is 420 g/mol. The molecule has 31 heavy (non-hydrogen) atoms. The van der Waals surface area contributed by atoms with Crippen LogP contribution >= 0.6 is 0 Å². The Bertz CT molecular complexity index is 1150. The van der Waals surface area contributed by atoms with Crippen molar-refractivity contribution < 1.29 is 23.9 Å². The van der Waals surface area contributed by atoms with E-state index in [0.717, 1.165) is 16.8 Å². The van der Waals surface area contributed by atoms with Crippen LogP contribution in [0.5, 0.6) is 5.75 Å². The van der Waals surface area contributed by atoms with Gasteiger partial charge in [0.1, 0.15) is 5.75 Å². The van der Waals surface area contributed by atoms with Gasteiger partial charge in [-0.3, -0.25) is 9.59 Å². The van der Waals surface area contributed by atoms with E-state index in [1.54, 1.807) is 18.3 Å². The van der Waals surface area contributed by atoms with E-state index in [1.165, 1.54) is 7.11 Å². The average molecular weight is 420 g/mol. The number of carbonyl (C=O) groups is 3. The van der Waals surface area contributed by atoms with Gasteiger partial charge in [0.25, 0.3) is 11.7 Å². The van der Waals surface area contributed by atoms with Gasteiger partial charge >= 0.3 is 5.97 Å². The molecule has 2 N–H and O–H groups in total. The molecule has 0 spiro atoms. The lowest BCUT2D eigenvalue weighted by molar-refractivity contribution is -0.142. The number of nitrogens with two attached hydrogens (primary N) is 1. The first-order valence-corrected chi connectivity index (χ1v) is 9.88. The molecule has 0 radical (unpaired) electrons. The molecule has 7 heteroatoms. The van der Waals surface area contributed by atoms with Crippen LogP contribution in [0.3, 0.4) is 0 Å². The molecule has 0 saturated heterocycles. The van der Waals surface area contributed by atoms with Gasteiger partial charge in [-0.1, -0.05) is 49.4 Å². The van der Waals surface area contributed by atoms with Crippen molar-refractivity contribution in [3.05, 3.63) is 77.1 Å². The summed E-state index contributed by atoms with van der Waals surface area (Å²) < 4.78 is 12.1. The van der Waals surface area contributed by atoms with E-state index in [-0.39, 0.29) is 12.2 Å². The first-order valence-electron chi connectivity index (χ1n) is 9.88. The standard InChI is InChI=1S/C24H24N2O5/c1-3-17-18(12-7-11-16-9-5-4-6-10-16)26-14-8-13-19(31-15-20(27)30-2)22(26)21(17)23(28)24(25)29/h4-11,13-14H,3,12,15H2,1-2H3,(H2,25,29). The van der Waals surface area contributed by atoms with E-state index in [4.69, 9.17) is 10.5 Å². The summed E-state index contributed by atoms with van der Waals surface area (Å²) in [5.41, 5.74) is 8.57. The molecule has 0 aliphatic carbocycles. The van der Waals surface area contributed by atoms with E-state index in [0.29, 0.717) is 24.1 Å². The third kappa shape index (κ3) is 4.66. The molecule has 0 aliphatic rings. The van der Waals surface area contributed by atoms with Gasteiger partial charge < -0.3 is 19.6 Å². The van der Waals surface area contributed by atoms with Crippen molar-refractivity contribution in [2.45, 2.75) is 19.8 Å². The van der Waals surface area contributed by atoms with E-state index in [2.05, 4.69) is 4.74 Å². The predicted molar refractivity (Wildman–Crippen MR) is 117 cm³/mol. The number of carbonyl (C=O) groups excluding carboxylic acids is 3. The zero-order valence-corrected chi connectivity index (χ0v) is 17.5. The number of ketones is 1. The first kappa shape index (κ1) is 21.8. The third-order valence-corrected chi connectivity index (χ3v) is 4.93.